The molecule has 0 radical (unpaired) electrons. The lowest BCUT2D eigenvalue weighted by atomic mass is 9.86. The molecule has 0 bridgehead atoms. The Morgan fingerprint density at radius 3 is 2.50 bits per heavy atom. The Morgan fingerprint density at radius 1 is 1.21 bits per heavy atom. The van der Waals surface area contributed by atoms with Crippen molar-refractivity contribution in [1.82, 2.24) is 15.3 Å². The highest BCUT2D eigenvalue weighted by atomic mass is 19.3. The number of nitrogens with zero attached hydrogens (tertiary/aromatic N) is 2. The van der Waals surface area contributed by atoms with E-state index in [0.717, 1.165) is 11.5 Å². The lowest BCUT2D eigenvalue weighted by Crippen LogP contribution is -2.45. The molecule has 0 aromatic carbocycles. The van der Waals surface area contributed by atoms with E-state index in [4.69, 9.17) is 4.98 Å². The number of aromatic nitrogens is 2. The monoisotopic (exact) mass is 397 g/mol. The van der Waals surface area contributed by atoms with Gasteiger partial charge in [0.1, 0.15) is 5.82 Å². The smallest absolute Gasteiger partial charge is 0.248 e. The molecule has 0 aliphatic heterocycles. The van der Waals surface area contributed by atoms with Crippen LogP contribution in [0.15, 0.2) is 12.3 Å². The first kappa shape index (κ1) is 21.5. The summed E-state index contributed by atoms with van der Waals surface area (Å²) in [5.41, 5.74) is 0.728. The van der Waals surface area contributed by atoms with Gasteiger partial charge in [-0.15, -0.1) is 0 Å². The van der Waals surface area contributed by atoms with E-state index in [1.54, 1.807) is 6.20 Å². The van der Waals surface area contributed by atoms with Gasteiger partial charge in [-0.05, 0) is 37.7 Å². The van der Waals surface area contributed by atoms with E-state index in [1.165, 1.54) is 0 Å². The van der Waals surface area contributed by atoms with Gasteiger partial charge in [0.25, 0.3) is 0 Å². The predicted molar refractivity (Wildman–Crippen MR) is 103 cm³/mol. The molecule has 4 atom stereocenters. The second-order valence-corrected chi connectivity index (χ2v) is 9.54. The van der Waals surface area contributed by atoms with Crippen molar-refractivity contribution in [2.75, 3.05) is 6.61 Å². The highest BCUT2D eigenvalue weighted by Gasteiger charge is 2.44. The van der Waals surface area contributed by atoms with Crippen LogP contribution in [0.3, 0.4) is 0 Å². The Labute approximate surface area is 166 Å². The second-order valence-electron chi connectivity index (χ2n) is 9.54. The maximum absolute atomic E-state index is 13.5. The molecule has 0 unspecified atom stereocenters. The standard InChI is InChI=1S/C21H33F2N3O2/c1-20(2,3)19-24-9-6-14(26-19)10-15-16(12-27)18(28)11-17(15)25-13-4-7-21(22,23)8-5-13/h6,9,13,15-18,25,27-28H,4-5,7-8,10-12H2,1-3H3/t15-,16-,17-,18-/m1/s1. The highest BCUT2D eigenvalue weighted by Crippen LogP contribution is 2.38. The number of hydrogen-bond donors (Lipinski definition) is 3. The fraction of sp³-hybridized carbons (Fsp3) is 0.810. The Balaban J connectivity index is 1.72. The van der Waals surface area contributed by atoms with Gasteiger partial charge in [0.2, 0.25) is 5.92 Å². The van der Waals surface area contributed by atoms with E-state index < -0.39 is 12.0 Å². The van der Waals surface area contributed by atoms with E-state index >= 15 is 0 Å². The Morgan fingerprint density at radius 2 is 1.89 bits per heavy atom. The van der Waals surface area contributed by atoms with E-state index in [1.807, 2.05) is 6.07 Å². The summed E-state index contributed by atoms with van der Waals surface area (Å²) in [6.07, 6.45) is 3.02. The van der Waals surface area contributed by atoms with E-state index in [9.17, 15) is 19.0 Å². The maximum atomic E-state index is 13.5. The zero-order valence-electron chi connectivity index (χ0n) is 17.0. The van der Waals surface area contributed by atoms with Gasteiger partial charge in [-0.3, -0.25) is 0 Å². The molecule has 1 heterocycles. The van der Waals surface area contributed by atoms with Crippen molar-refractivity contribution in [2.45, 2.75) is 88.8 Å². The first-order valence-corrected chi connectivity index (χ1v) is 10.3. The van der Waals surface area contributed by atoms with Crippen LogP contribution in [0.25, 0.3) is 0 Å². The van der Waals surface area contributed by atoms with Gasteiger partial charge < -0.3 is 15.5 Å². The average Bonchev–Trinajstić information content (AvgIpc) is 2.90. The molecule has 1 aromatic rings. The van der Waals surface area contributed by atoms with Crippen LogP contribution in [0.1, 0.15) is 64.4 Å². The number of halogens is 2. The van der Waals surface area contributed by atoms with Crippen molar-refractivity contribution in [3.05, 3.63) is 23.8 Å². The molecule has 2 fully saturated rings. The van der Waals surface area contributed by atoms with Crippen LogP contribution in [0, 0.1) is 11.8 Å². The molecule has 5 nitrogen and oxygen atoms in total. The van der Waals surface area contributed by atoms with Gasteiger partial charge in [0.05, 0.1) is 6.10 Å². The van der Waals surface area contributed by atoms with Crippen molar-refractivity contribution in [3.63, 3.8) is 0 Å². The minimum absolute atomic E-state index is 0.00477. The zero-order valence-corrected chi connectivity index (χ0v) is 17.0. The molecule has 7 heteroatoms. The Kier molecular flexibility index (Phi) is 6.37. The third-order valence-corrected chi connectivity index (χ3v) is 6.26. The summed E-state index contributed by atoms with van der Waals surface area (Å²) in [6, 6.07) is 1.90. The van der Waals surface area contributed by atoms with Crippen LogP contribution < -0.4 is 5.32 Å². The molecule has 0 spiro atoms. The summed E-state index contributed by atoms with van der Waals surface area (Å²) < 4.78 is 26.9. The van der Waals surface area contributed by atoms with Crippen LogP contribution >= 0.6 is 0 Å². The molecule has 2 aliphatic rings. The molecule has 2 aliphatic carbocycles. The molecule has 3 rings (SSSR count). The van der Waals surface area contributed by atoms with Gasteiger partial charge in [-0.25, -0.2) is 18.7 Å². The number of rotatable bonds is 5. The minimum Gasteiger partial charge on any atom is -0.396 e. The molecule has 2 saturated carbocycles. The fourth-order valence-electron chi connectivity index (χ4n) is 4.56. The van der Waals surface area contributed by atoms with Crippen molar-refractivity contribution in [3.8, 4) is 0 Å². The molecule has 158 valence electrons. The summed E-state index contributed by atoms with van der Waals surface area (Å²) in [6.45, 7) is 6.09. The topological polar surface area (TPSA) is 78.3 Å². The first-order valence-electron chi connectivity index (χ1n) is 10.3. The van der Waals surface area contributed by atoms with E-state index in [0.29, 0.717) is 25.7 Å². The van der Waals surface area contributed by atoms with Crippen LogP contribution in [0.5, 0.6) is 0 Å². The molecule has 1 aromatic heterocycles. The second kappa shape index (κ2) is 8.28. The fourth-order valence-corrected chi connectivity index (χ4v) is 4.56. The van der Waals surface area contributed by atoms with E-state index in [-0.39, 0.29) is 48.8 Å². The van der Waals surface area contributed by atoms with Crippen LogP contribution in [-0.2, 0) is 11.8 Å². The van der Waals surface area contributed by atoms with Gasteiger partial charge in [0, 0.05) is 54.8 Å². The molecule has 0 amide bonds. The highest BCUT2D eigenvalue weighted by molar-refractivity contribution is 5.11. The zero-order chi connectivity index (χ0) is 20.5. The number of nitrogens with one attached hydrogen (secondary N) is 1. The van der Waals surface area contributed by atoms with Crippen LogP contribution in [-0.4, -0.2) is 50.9 Å². The van der Waals surface area contributed by atoms with Gasteiger partial charge >= 0.3 is 0 Å². The third kappa shape index (κ3) is 5.05. The quantitative estimate of drug-likeness (QED) is 0.712. The van der Waals surface area contributed by atoms with Gasteiger partial charge in [0.15, 0.2) is 0 Å². The number of aliphatic hydroxyl groups is 2. The predicted octanol–water partition coefficient (Wildman–Crippen LogP) is 2.84. The number of alkyl halides is 2. The summed E-state index contributed by atoms with van der Waals surface area (Å²) in [5.74, 6) is -2.02. The minimum atomic E-state index is -2.55. The number of aliphatic hydroxyl groups excluding tert-OH is 2. The first-order chi connectivity index (χ1) is 13.1. The Hall–Kier alpha value is -1.18. The van der Waals surface area contributed by atoms with Crippen LogP contribution in [0.2, 0.25) is 0 Å². The third-order valence-electron chi connectivity index (χ3n) is 6.26. The largest absolute Gasteiger partial charge is 0.396 e. The molecule has 3 N–H and O–H groups in total. The normalized spacial score (nSPS) is 31.2. The summed E-state index contributed by atoms with van der Waals surface area (Å²) in [4.78, 5) is 9.07. The maximum Gasteiger partial charge on any atom is 0.248 e. The Bertz CT molecular complexity index is 655. The van der Waals surface area contributed by atoms with Crippen LogP contribution in [0.4, 0.5) is 8.78 Å². The van der Waals surface area contributed by atoms with Crippen molar-refractivity contribution < 1.29 is 19.0 Å². The van der Waals surface area contributed by atoms with Gasteiger partial charge in [-0.1, -0.05) is 20.8 Å². The molecule has 0 saturated heterocycles. The lowest BCUT2D eigenvalue weighted by molar-refractivity contribution is -0.0417. The van der Waals surface area contributed by atoms with Crippen molar-refractivity contribution in [2.24, 2.45) is 11.8 Å². The molecular weight excluding hydrogens is 364 g/mol. The molecule has 28 heavy (non-hydrogen) atoms. The summed E-state index contributed by atoms with van der Waals surface area (Å²) in [7, 11) is 0. The van der Waals surface area contributed by atoms with E-state index in [2.05, 4.69) is 31.1 Å². The summed E-state index contributed by atoms with van der Waals surface area (Å²) >= 11 is 0. The SMILES string of the molecule is CC(C)(C)c1nccc(C[C@@H]2[C@@H](CO)[C@H](O)C[C@H]2NC2CCC(F)(F)CC2)n1. The average molecular weight is 398 g/mol. The van der Waals surface area contributed by atoms with Crippen molar-refractivity contribution in [1.29, 1.82) is 0 Å². The molecular formula is C21H33F2N3O2. The number of hydrogen-bond acceptors (Lipinski definition) is 5. The summed E-state index contributed by atoms with van der Waals surface area (Å²) in [5, 5.41) is 23.8. The van der Waals surface area contributed by atoms with Gasteiger partial charge in [-0.2, -0.15) is 0 Å². The lowest BCUT2D eigenvalue weighted by Gasteiger charge is -2.33. The van der Waals surface area contributed by atoms with Crippen molar-refractivity contribution >= 4 is 0 Å².